The van der Waals surface area contributed by atoms with Gasteiger partial charge < -0.3 is 40.6 Å². The van der Waals surface area contributed by atoms with E-state index in [0.29, 0.717) is 54.1 Å². The maximum absolute atomic E-state index is 13.4. The van der Waals surface area contributed by atoms with Crippen LogP contribution in [0.25, 0.3) is 12.2 Å². The van der Waals surface area contributed by atoms with Crippen molar-refractivity contribution in [1.29, 1.82) is 0 Å². The number of carbonyl (C=O) groups excluding carboxylic acids is 2. The highest BCUT2D eigenvalue weighted by Gasteiger charge is 2.36. The van der Waals surface area contributed by atoms with Crippen LogP contribution in [0.2, 0.25) is 0 Å². The molecule has 3 aromatic carbocycles. The van der Waals surface area contributed by atoms with Gasteiger partial charge in [0.1, 0.15) is 23.7 Å². The molecule has 316 valence electrons. The number of aliphatic hydroxyl groups excluding tert-OH is 2. The van der Waals surface area contributed by atoms with Gasteiger partial charge in [-0.1, -0.05) is 54.6 Å². The Bertz CT molecular complexity index is 1730. The van der Waals surface area contributed by atoms with Crippen LogP contribution in [0, 0.1) is 11.8 Å². The number of hydrogen-bond acceptors (Lipinski definition) is 10. The first-order chi connectivity index (χ1) is 28.6. The number of hydrogen-bond donors (Lipinski definition) is 4. The van der Waals surface area contributed by atoms with Crippen molar-refractivity contribution < 1.29 is 38.7 Å². The molecule has 3 aromatic rings. The van der Waals surface area contributed by atoms with Gasteiger partial charge in [0.25, 0.3) is 0 Å². The lowest BCUT2D eigenvalue weighted by atomic mass is 9.83. The van der Waals surface area contributed by atoms with Gasteiger partial charge in [-0.25, -0.2) is 0 Å². The number of anilines is 2. The zero-order valence-corrected chi connectivity index (χ0v) is 34.2. The normalized spacial score (nSPS) is 21.1. The van der Waals surface area contributed by atoms with E-state index >= 15 is 0 Å². The van der Waals surface area contributed by atoms with Crippen LogP contribution in [0.3, 0.4) is 0 Å². The SMILES string of the molecule is C=CCCOC1CCC(COc2ccc(/C=C/C(=O)C(O)C(c3ccc(N)cc3N)C(O)C(=O)/C=C/c3ccc(OCC4CCC(OCCC=C)CC4)cc3)cc2)CC1. The van der Waals surface area contributed by atoms with Gasteiger partial charge in [0.15, 0.2) is 11.6 Å². The molecule has 0 heterocycles. The highest BCUT2D eigenvalue weighted by molar-refractivity contribution is 6.01. The molecule has 2 aliphatic rings. The summed E-state index contributed by atoms with van der Waals surface area (Å²) in [4.78, 5) is 26.8. The van der Waals surface area contributed by atoms with Gasteiger partial charge in [0.2, 0.25) is 0 Å². The van der Waals surface area contributed by atoms with Crippen LogP contribution in [-0.4, -0.2) is 72.6 Å². The lowest BCUT2D eigenvalue weighted by molar-refractivity contribution is -0.130. The van der Waals surface area contributed by atoms with E-state index in [-0.39, 0.29) is 11.3 Å². The number of nitrogen functional groups attached to an aromatic ring is 2. The summed E-state index contributed by atoms with van der Waals surface area (Å²) in [5.74, 6) is -0.367. The van der Waals surface area contributed by atoms with Gasteiger partial charge in [0.05, 0.1) is 44.6 Å². The molecule has 2 saturated carbocycles. The Labute approximate surface area is 349 Å². The molecule has 2 atom stereocenters. The molecule has 0 amide bonds. The van der Waals surface area contributed by atoms with Crippen LogP contribution < -0.4 is 20.9 Å². The molecule has 0 saturated heterocycles. The Morgan fingerprint density at radius 3 is 1.46 bits per heavy atom. The van der Waals surface area contributed by atoms with Crippen molar-refractivity contribution >= 4 is 35.1 Å². The van der Waals surface area contributed by atoms with E-state index in [0.717, 1.165) is 88.9 Å². The monoisotopic (exact) mass is 806 g/mol. The van der Waals surface area contributed by atoms with Crippen LogP contribution in [0.15, 0.2) is 104 Å². The number of rotatable bonds is 23. The minimum absolute atomic E-state index is 0.141. The van der Waals surface area contributed by atoms with Crippen LogP contribution in [0.1, 0.15) is 86.8 Å². The molecule has 5 rings (SSSR count). The summed E-state index contributed by atoms with van der Waals surface area (Å²) in [6.07, 6.45) is 16.5. The van der Waals surface area contributed by atoms with Crippen molar-refractivity contribution in [2.75, 3.05) is 37.9 Å². The van der Waals surface area contributed by atoms with Crippen molar-refractivity contribution in [2.24, 2.45) is 11.8 Å². The summed E-state index contributed by atoms with van der Waals surface area (Å²) in [6.45, 7) is 10.2. The lowest BCUT2D eigenvalue weighted by Crippen LogP contribution is -2.39. The van der Waals surface area contributed by atoms with E-state index in [2.05, 4.69) is 13.2 Å². The highest BCUT2D eigenvalue weighted by atomic mass is 16.5. The van der Waals surface area contributed by atoms with Gasteiger partial charge in [-0.15, -0.1) is 13.2 Å². The second-order valence-corrected chi connectivity index (χ2v) is 15.7. The van der Waals surface area contributed by atoms with E-state index in [1.807, 2.05) is 60.7 Å². The molecule has 0 aromatic heterocycles. The third-order valence-electron chi connectivity index (χ3n) is 11.3. The Balaban J connectivity index is 1.13. The van der Waals surface area contributed by atoms with E-state index in [9.17, 15) is 19.8 Å². The number of carbonyl (C=O) groups is 2. The Morgan fingerprint density at radius 2 is 1.07 bits per heavy atom. The topological polar surface area (TPSA) is 164 Å². The van der Waals surface area contributed by atoms with Crippen molar-refractivity contribution in [3.05, 3.63) is 121 Å². The fourth-order valence-corrected chi connectivity index (χ4v) is 7.66. The number of nitrogens with two attached hydrogens (primary N) is 2. The van der Waals surface area contributed by atoms with Crippen LogP contribution in [0.5, 0.6) is 11.5 Å². The summed E-state index contributed by atoms with van der Waals surface area (Å²) in [5.41, 5.74) is 14.3. The molecule has 6 N–H and O–H groups in total. The van der Waals surface area contributed by atoms with Crippen LogP contribution in [-0.2, 0) is 19.1 Å². The average Bonchev–Trinajstić information content (AvgIpc) is 3.25. The number of aliphatic hydroxyl groups is 2. The standard InChI is InChI=1S/C49H62N2O8/c1-3-5-29-56-39-22-11-36(12-23-39)32-58-41-18-7-34(8-19-41)15-27-45(52)48(54)47(43-26-17-38(50)31-44(43)51)49(55)46(53)28-16-35-9-20-42(21-10-35)59-33-37-13-24-40(25-14-37)57-30-6-4-2/h3-4,7-10,15-21,26-28,31,36-37,39-40,47-49,54-55H,1-2,5-6,11-14,22-25,29-30,32-33,50-51H2/b27-15+,28-16+. The predicted molar refractivity (Wildman–Crippen MR) is 235 cm³/mol. The number of benzene rings is 3. The van der Waals surface area contributed by atoms with Gasteiger partial charge in [0, 0.05) is 11.4 Å². The number of ether oxygens (including phenoxy) is 4. The zero-order valence-electron chi connectivity index (χ0n) is 34.2. The Kier molecular flexibility index (Phi) is 18.0. The summed E-state index contributed by atoms with van der Waals surface area (Å²) >= 11 is 0. The second kappa shape index (κ2) is 23.6. The average molecular weight is 807 g/mol. The largest absolute Gasteiger partial charge is 0.493 e. The molecule has 2 fully saturated rings. The Morgan fingerprint density at radius 1 is 0.644 bits per heavy atom. The first-order valence-electron chi connectivity index (χ1n) is 21.0. The molecule has 0 radical (unpaired) electrons. The van der Waals surface area contributed by atoms with E-state index in [4.69, 9.17) is 30.4 Å². The van der Waals surface area contributed by atoms with Gasteiger partial charge in [-0.2, -0.15) is 0 Å². The smallest absolute Gasteiger partial charge is 0.184 e. The third kappa shape index (κ3) is 14.4. The molecule has 0 aliphatic heterocycles. The first-order valence-corrected chi connectivity index (χ1v) is 21.0. The summed E-state index contributed by atoms with van der Waals surface area (Å²) < 4.78 is 24.0. The van der Waals surface area contributed by atoms with Gasteiger partial charge >= 0.3 is 0 Å². The molecule has 0 bridgehead atoms. The fraction of sp³-hybridized carbons (Fsp3) is 0.429. The van der Waals surface area contributed by atoms with Crippen LogP contribution in [0.4, 0.5) is 11.4 Å². The molecule has 10 nitrogen and oxygen atoms in total. The molecule has 59 heavy (non-hydrogen) atoms. The van der Waals surface area contributed by atoms with Gasteiger partial charge in [-0.3, -0.25) is 9.59 Å². The predicted octanol–water partition coefficient (Wildman–Crippen LogP) is 8.28. The lowest BCUT2D eigenvalue weighted by Gasteiger charge is -2.28. The summed E-state index contributed by atoms with van der Waals surface area (Å²) in [5, 5.41) is 22.7. The van der Waals surface area contributed by atoms with Crippen molar-refractivity contribution in [1.82, 2.24) is 0 Å². The van der Waals surface area contributed by atoms with Gasteiger partial charge in [-0.05, 0) is 141 Å². The van der Waals surface area contributed by atoms with Crippen LogP contribution >= 0.6 is 0 Å². The van der Waals surface area contributed by atoms with E-state index < -0.39 is 29.7 Å². The molecule has 2 unspecified atom stereocenters. The molecule has 10 heteroatoms. The maximum atomic E-state index is 13.4. The van der Waals surface area contributed by atoms with E-state index in [1.54, 1.807) is 18.2 Å². The quantitative estimate of drug-likeness (QED) is 0.0317. The van der Waals surface area contributed by atoms with Crippen molar-refractivity contribution in [3.8, 4) is 11.5 Å². The fourth-order valence-electron chi connectivity index (χ4n) is 7.66. The molecular formula is C49H62N2O8. The summed E-state index contributed by atoms with van der Waals surface area (Å²) in [7, 11) is 0. The minimum atomic E-state index is -1.79. The third-order valence-corrected chi connectivity index (χ3v) is 11.3. The summed E-state index contributed by atoms with van der Waals surface area (Å²) in [6, 6.07) is 19.2. The molecule has 2 aliphatic carbocycles. The molecular weight excluding hydrogens is 745 g/mol. The maximum Gasteiger partial charge on any atom is 0.184 e. The van der Waals surface area contributed by atoms with Crippen molar-refractivity contribution in [3.63, 3.8) is 0 Å². The Hall–Kier alpha value is -5.00. The first kappa shape index (κ1) is 45.1. The zero-order chi connectivity index (χ0) is 42.0. The minimum Gasteiger partial charge on any atom is -0.493 e. The van der Waals surface area contributed by atoms with E-state index in [1.165, 1.54) is 24.3 Å². The second-order valence-electron chi connectivity index (χ2n) is 15.7. The number of ketones is 2. The molecule has 0 spiro atoms. The van der Waals surface area contributed by atoms with Crippen molar-refractivity contribution in [2.45, 2.75) is 94.5 Å². The highest BCUT2D eigenvalue weighted by Crippen LogP contribution is 2.33.